The van der Waals surface area contributed by atoms with Gasteiger partial charge in [-0.1, -0.05) is 11.6 Å². The van der Waals surface area contributed by atoms with Gasteiger partial charge in [-0.15, -0.1) is 0 Å². The van der Waals surface area contributed by atoms with Gasteiger partial charge in [-0.2, -0.15) is 4.98 Å². The van der Waals surface area contributed by atoms with Gasteiger partial charge in [0.15, 0.2) is 0 Å². The van der Waals surface area contributed by atoms with Crippen LogP contribution in [0.3, 0.4) is 0 Å². The molecule has 0 aliphatic carbocycles. The highest BCUT2D eigenvalue weighted by atomic mass is 79.9. The van der Waals surface area contributed by atoms with Crippen molar-refractivity contribution in [3.8, 4) is 0 Å². The number of rotatable bonds is 3. The molecule has 0 fully saturated rings. The van der Waals surface area contributed by atoms with Crippen LogP contribution in [0, 0.1) is 6.92 Å². The van der Waals surface area contributed by atoms with E-state index in [2.05, 4.69) is 36.5 Å². The molecule has 0 spiro atoms. The molecule has 0 aliphatic rings. The molecule has 94 valence electrons. The Balaban J connectivity index is 2.30. The van der Waals surface area contributed by atoms with E-state index in [0.717, 1.165) is 21.7 Å². The van der Waals surface area contributed by atoms with Crippen molar-refractivity contribution in [1.29, 1.82) is 0 Å². The molecule has 0 atom stereocenters. The fourth-order valence-corrected chi connectivity index (χ4v) is 2.26. The first kappa shape index (κ1) is 13.1. The summed E-state index contributed by atoms with van der Waals surface area (Å²) in [5.74, 6) is 1.32. The van der Waals surface area contributed by atoms with Crippen LogP contribution in [0.25, 0.3) is 0 Å². The molecule has 0 amide bonds. The number of aryl methyl sites for hydroxylation is 1. The second-order valence-corrected chi connectivity index (χ2v) is 5.01. The maximum atomic E-state index is 5.90. The third-order valence-corrected chi connectivity index (χ3v) is 3.16. The fourth-order valence-electron chi connectivity index (χ4n) is 1.47. The summed E-state index contributed by atoms with van der Waals surface area (Å²) in [6.45, 7) is 1.92. The van der Waals surface area contributed by atoms with Gasteiger partial charge in [0.1, 0.15) is 5.82 Å². The number of hydrogen-bond acceptors (Lipinski definition) is 4. The minimum absolute atomic E-state index is 0.586. The molecule has 2 rings (SSSR count). The van der Waals surface area contributed by atoms with Gasteiger partial charge in [-0.3, -0.25) is 0 Å². The molecule has 0 aliphatic heterocycles. The zero-order valence-corrected chi connectivity index (χ0v) is 12.3. The van der Waals surface area contributed by atoms with Crippen molar-refractivity contribution < 1.29 is 0 Å². The van der Waals surface area contributed by atoms with Gasteiger partial charge in [0.25, 0.3) is 0 Å². The van der Waals surface area contributed by atoms with Gasteiger partial charge in [0.05, 0.1) is 5.69 Å². The van der Waals surface area contributed by atoms with Crippen LogP contribution in [0.4, 0.5) is 17.5 Å². The highest BCUT2D eigenvalue weighted by Gasteiger charge is 2.04. The van der Waals surface area contributed by atoms with Gasteiger partial charge in [0, 0.05) is 28.3 Å². The molecule has 18 heavy (non-hydrogen) atoms. The van der Waals surface area contributed by atoms with Gasteiger partial charge in [-0.05, 0) is 41.1 Å². The number of halogens is 2. The van der Waals surface area contributed by atoms with E-state index in [9.17, 15) is 0 Å². The first-order valence-corrected chi connectivity index (χ1v) is 6.51. The predicted molar refractivity (Wildman–Crippen MR) is 78.8 cm³/mol. The Bertz CT molecular complexity index is 574. The van der Waals surface area contributed by atoms with Crippen LogP contribution in [-0.2, 0) is 0 Å². The van der Waals surface area contributed by atoms with Crippen molar-refractivity contribution in [3.63, 3.8) is 0 Å². The van der Waals surface area contributed by atoms with E-state index < -0.39 is 0 Å². The number of nitrogens with one attached hydrogen (secondary N) is 2. The SMILES string of the molecule is CNc1nc(C)cc(Nc2ccc(Cl)cc2Br)n1. The summed E-state index contributed by atoms with van der Waals surface area (Å²) < 4.78 is 0.886. The second kappa shape index (κ2) is 5.54. The summed E-state index contributed by atoms with van der Waals surface area (Å²) >= 11 is 9.35. The molecule has 0 bridgehead atoms. The number of aromatic nitrogens is 2. The van der Waals surface area contributed by atoms with E-state index in [-0.39, 0.29) is 0 Å². The average Bonchev–Trinajstić information content (AvgIpc) is 2.32. The Hall–Kier alpha value is -1.33. The minimum atomic E-state index is 0.586. The highest BCUT2D eigenvalue weighted by Crippen LogP contribution is 2.28. The summed E-state index contributed by atoms with van der Waals surface area (Å²) in [5, 5.41) is 6.82. The summed E-state index contributed by atoms with van der Waals surface area (Å²) in [6.07, 6.45) is 0. The molecule has 0 radical (unpaired) electrons. The van der Waals surface area contributed by atoms with Crippen LogP contribution in [0.1, 0.15) is 5.69 Å². The van der Waals surface area contributed by atoms with Crippen LogP contribution < -0.4 is 10.6 Å². The number of anilines is 3. The zero-order chi connectivity index (χ0) is 13.1. The Kier molecular flexibility index (Phi) is 4.04. The Morgan fingerprint density at radius 1 is 1.22 bits per heavy atom. The van der Waals surface area contributed by atoms with E-state index in [0.29, 0.717) is 11.0 Å². The van der Waals surface area contributed by atoms with Gasteiger partial charge < -0.3 is 10.6 Å². The van der Waals surface area contributed by atoms with Crippen molar-refractivity contribution >= 4 is 45.0 Å². The first-order valence-electron chi connectivity index (χ1n) is 5.34. The third-order valence-electron chi connectivity index (χ3n) is 2.27. The van der Waals surface area contributed by atoms with Crippen LogP contribution >= 0.6 is 27.5 Å². The van der Waals surface area contributed by atoms with Crippen molar-refractivity contribution in [3.05, 3.63) is 39.5 Å². The van der Waals surface area contributed by atoms with Gasteiger partial charge in [-0.25, -0.2) is 4.98 Å². The maximum Gasteiger partial charge on any atom is 0.224 e. The molecular formula is C12H12BrClN4. The Morgan fingerprint density at radius 3 is 2.67 bits per heavy atom. The molecule has 0 unspecified atom stereocenters. The van der Waals surface area contributed by atoms with Crippen molar-refractivity contribution in [2.45, 2.75) is 6.92 Å². The van der Waals surface area contributed by atoms with Crippen molar-refractivity contribution in [1.82, 2.24) is 9.97 Å². The standard InChI is InChI=1S/C12H12BrClN4/c1-7-5-11(18-12(15-2)16-7)17-10-4-3-8(14)6-9(10)13/h3-6H,1-2H3,(H2,15,16,17,18). The van der Waals surface area contributed by atoms with E-state index in [1.807, 2.05) is 31.2 Å². The summed E-state index contributed by atoms with van der Waals surface area (Å²) in [7, 11) is 1.79. The lowest BCUT2D eigenvalue weighted by atomic mass is 10.3. The second-order valence-electron chi connectivity index (χ2n) is 3.72. The number of nitrogens with zero attached hydrogens (tertiary/aromatic N) is 2. The molecule has 2 N–H and O–H groups in total. The van der Waals surface area contributed by atoms with Gasteiger partial charge >= 0.3 is 0 Å². The van der Waals surface area contributed by atoms with Crippen LogP contribution in [-0.4, -0.2) is 17.0 Å². The molecular weight excluding hydrogens is 316 g/mol. The molecule has 2 aromatic rings. The molecule has 1 heterocycles. The van der Waals surface area contributed by atoms with Crippen LogP contribution in [0.15, 0.2) is 28.7 Å². The summed E-state index contributed by atoms with van der Waals surface area (Å²) in [5.41, 5.74) is 1.79. The lowest BCUT2D eigenvalue weighted by molar-refractivity contribution is 1.10. The normalized spacial score (nSPS) is 10.2. The van der Waals surface area contributed by atoms with E-state index in [1.54, 1.807) is 7.05 Å². The van der Waals surface area contributed by atoms with Crippen molar-refractivity contribution in [2.75, 3.05) is 17.7 Å². The van der Waals surface area contributed by atoms with Crippen LogP contribution in [0.2, 0.25) is 5.02 Å². The number of hydrogen-bond donors (Lipinski definition) is 2. The predicted octanol–water partition coefficient (Wildman–Crippen LogP) is 3.99. The molecule has 1 aromatic carbocycles. The summed E-state index contributed by atoms with van der Waals surface area (Å²) in [6, 6.07) is 7.42. The molecule has 0 saturated heterocycles. The molecule has 4 nitrogen and oxygen atoms in total. The van der Waals surface area contributed by atoms with Crippen molar-refractivity contribution in [2.24, 2.45) is 0 Å². The lowest BCUT2D eigenvalue weighted by Gasteiger charge is -2.10. The molecule has 6 heteroatoms. The maximum absolute atomic E-state index is 5.90. The quantitative estimate of drug-likeness (QED) is 0.895. The first-order chi connectivity index (χ1) is 8.58. The zero-order valence-electron chi connectivity index (χ0n) is 9.96. The Morgan fingerprint density at radius 2 is 2.00 bits per heavy atom. The smallest absolute Gasteiger partial charge is 0.224 e. The minimum Gasteiger partial charge on any atom is -0.357 e. The fraction of sp³-hybridized carbons (Fsp3) is 0.167. The molecule has 1 aromatic heterocycles. The third kappa shape index (κ3) is 3.11. The van der Waals surface area contributed by atoms with E-state index in [4.69, 9.17) is 11.6 Å². The largest absolute Gasteiger partial charge is 0.357 e. The topological polar surface area (TPSA) is 49.8 Å². The van der Waals surface area contributed by atoms with E-state index >= 15 is 0 Å². The number of benzene rings is 1. The monoisotopic (exact) mass is 326 g/mol. The highest BCUT2D eigenvalue weighted by molar-refractivity contribution is 9.10. The summed E-state index contributed by atoms with van der Waals surface area (Å²) in [4.78, 5) is 8.56. The molecule has 0 saturated carbocycles. The average molecular weight is 328 g/mol. The Labute approximate surface area is 119 Å². The van der Waals surface area contributed by atoms with Gasteiger partial charge in [0.2, 0.25) is 5.95 Å². The van der Waals surface area contributed by atoms with E-state index in [1.165, 1.54) is 0 Å². The van der Waals surface area contributed by atoms with Crippen LogP contribution in [0.5, 0.6) is 0 Å². The lowest BCUT2D eigenvalue weighted by Crippen LogP contribution is -2.02.